The van der Waals surface area contributed by atoms with E-state index >= 15 is 0 Å². The average molecular weight is 277 g/mol. The van der Waals surface area contributed by atoms with Crippen LogP contribution < -0.4 is 0 Å². The van der Waals surface area contributed by atoms with Gasteiger partial charge in [-0.15, -0.1) is 0 Å². The van der Waals surface area contributed by atoms with Crippen LogP contribution in [-0.4, -0.2) is 42.4 Å². The second-order valence-electron chi connectivity index (χ2n) is 6.30. The van der Waals surface area contributed by atoms with Crippen molar-refractivity contribution >= 4 is 0 Å². The average Bonchev–Trinajstić information content (AvgIpc) is 2.38. The molecule has 0 aromatic heterocycles. The molecule has 0 amide bonds. The van der Waals surface area contributed by atoms with Crippen LogP contribution in [0.1, 0.15) is 38.0 Å². The van der Waals surface area contributed by atoms with E-state index < -0.39 is 6.10 Å². The maximum atomic E-state index is 10.3. The van der Waals surface area contributed by atoms with Crippen molar-refractivity contribution in [2.24, 2.45) is 5.92 Å². The van der Waals surface area contributed by atoms with E-state index in [4.69, 9.17) is 4.74 Å². The molecule has 1 N–H and O–H groups in total. The zero-order valence-electron chi connectivity index (χ0n) is 12.9. The number of benzene rings is 1. The van der Waals surface area contributed by atoms with E-state index in [1.54, 1.807) is 0 Å². The first kappa shape index (κ1) is 15.5. The Morgan fingerprint density at radius 2 is 2.00 bits per heavy atom. The molecule has 0 radical (unpaired) electrons. The highest BCUT2D eigenvalue weighted by Crippen LogP contribution is 2.18. The zero-order valence-corrected chi connectivity index (χ0v) is 12.9. The molecule has 20 heavy (non-hydrogen) atoms. The van der Waals surface area contributed by atoms with Crippen molar-refractivity contribution in [2.45, 2.75) is 39.4 Å². The van der Waals surface area contributed by atoms with E-state index in [-0.39, 0.29) is 6.10 Å². The predicted octanol–water partition coefficient (Wildman–Crippen LogP) is 2.64. The Balaban J connectivity index is 1.90. The summed E-state index contributed by atoms with van der Waals surface area (Å²) in [6.45, 7) is 9.80. The zero-order chi connectivity index (χ0) is 14.5. The van der Waals surface area contributed by atoms with Gasteiger partial charge in [-0.2, -0.15) is 0 Å². The number of rotatable bonds is 5. The lowest BCUT2D eigenvalue weighted by atomic mass is 10.00. The normalized spacial score (nSPS) is 22.1. The first-order chi connectivity index (χ1) is 9.54. The summed E-state index contributed by atoms with van der Waals surface area (Å²) in [7, 11) is 0. The van der Waals surface area contributed by atoms with Crippen LogP contribution >= 0.6 is 0 Å². The van der Waals surface area contributed by atoms with Crippen LogP contribution in [0.4, 0.5) is 0 Å². The largest absolute Gasteiger partial charge is 0.387 e. The fourth-order valence-electron chi connectivity index (χ4n) is 2.75. The molecule has 0 aliphatic carbocycles. The molecular formula is C17H27NO2. The van der Waals surface area contributed by atoms with Gasteiger partial charge in [-0.1, -0.05) is 38.1 Å². The number of hydrogen-bond donors (Lipinski definition) is 1. The molecule has 2 atom stereocenters. The number of aliphatic hydroxyl groups excluding tert-OH is 1. The van der Waals surface area contributed by atoms with Crippen LogP contribution in [-0.2, 0) is 11.2 Å². The van der Waals surface area contributed by atoms with Crippen molar-refractivity contribution in [2.75, 3.05) is 26.2 Å². The van der Waals surface area contributed by atoms with Crippen molar-refractivity contribution in [3.8, 4) is 0 Å². The third kappa shape index (κ3) is 4.58. The van der Waals surface area contributed by atoms with Gasteiger partial charge in [-0.25, -0.2) is 0 Å². The van der Waals surface area contributed by atoms with Crippen LogP contribution in [0.2, 0.25) is 0 Å². The van der Waals surface area contributed by atoms with Crippen LogP contribution in [0.15, 0.2) is 24.3 Å². The molecule has 3 nitrogen and oxygen atoms in total. The van der Waals surface area contributed by atoms with E-state index in [1.165, 1.54) is 5.56 Å². The summed E-state index contributed by atoms with van der Waals surface area (Å²) in [6, 6.07) is 8.40. The van der Waals surface area contributed by atoms with Crippen LogP contribution in [0.25, 0.3) is 0 Å². The van der Waals surface area contributed by atoms with E-state index in [0.717, 1.165) is 31.7 Å². The molecule has 1 saturated heterocycles. The van der Waals surface area contributed by atoms with Gasteiger partial charge >= 0.3 is 0 Å². The lowest BCUT2D eigenvalue weighted by molar-refractivity contribution is -0.0319. The summed E-state index contributed by atoms with van der Waals surface area (Å²) in [5.74, 6) is 0.667. The van der Waals surface area contributed by atoms with E-state index in [2.05, 4.69) is 49.9 Å². The van der Waals surface area contributed by atoms with E-state index in [1.807, 2.05) is 0 Å². The van der Waals surface area contributed by atoms with Crippen molar-refractivity contribution in [3.05, 3.63) is 35.4 Å². The summed E-state index contributed by atoms with van der Waals surface area (Å²) >= 11 is 0. The number of ether oxygens (including phenoxy) is 1. The van der Waals surface area contributed by atoms with Gasteiger partial charge in [0.15, 0.2) is 0 Å². The molecule has 1 aromatic rings. The second-order valence-corrected chi connectivity index (χ2v) is 6.30. The number of hydrogen-bond acceptors (Lipinski definition) is 3. The molecule has 0 saturated carbocycles. The van der Waals surface area contributed by atoms with Gasteiger partial charge in [-0.3, -0.25) is 4.90 Å². The molecule has 1 aromatic carbocycles. The summed E-state index contributed by atoms with van der Waals surface area (Å²) in [5, 5.41) is 10.3. The molecule has 2 unspecified atom stereocenters. The SMILES string of the molecule is CC(C)Cc1ccc(C(O)CN2CCOC(C)C2)cc1. The number of nitrogens with zero attached hydrogens (tertiary/aromatic N) is 1. The van der Waals surface area contributed by atoms with E-state index in [0.29, 0.717) is 12.5 Å². The Kier molecular flexibility index (Phi) is 5.58. The minimum absolute atomic E-state index is 0.268. The Morgan fingerprint density at radius 3 is 2.60 bits per heavy atom. The topological polar surface area (TPSA) is 32.7 Å². The highest BCUT2D eigenvalue weighted by atomic mass is 16.5. The number of β-amino-alcohol motifs (C(OH)–C–C–N with tert-alkyl or cyclic N) is 1. The fraction of sp³-hybridized carbons (Fsp3) is 0.647. The second kappa shape index (κ2) is 7.21. The molecule has 1 aliphatic rings. The minimum Gasteiger partial charge on any atom is -0.387 e. The quantitative estimate of drug-likeness (QED) is 0.898. The predicted molar refractivity (Wildman–Crippen MR) is 81.8 cm³/mol. The summed E-state index contributed by atoms with van der Waals surface area (Å²) < 4.78 is 5.52. The maximum Gasteiger partial charge on any atom is 0.0916 e. The Morgan fingerprint density at radius 1 is 1.30 bits per heavy atom. The first-order valence-corrected chi connectivity index (χ1v) is 7.65. The number of aliphatic hydroxyl groups is 1. The molecule has 0 bridgehead atoms. The van der Waals surface area contributed by atoms with Crippen LogP contribution in [0.3, 0.4) is 0 Å². The van der Waals surface area contributed by atoms with Gasteiger partial charge in [0.25, 0.3) is 0 Å². The van der Waals surface area contributed by atoms with Gasteiger partial charge in [0, 0.05) is 19.6 Å². The van der Waals surface area contributed by atoms with Gasteiger partial charge in [0.1, 0.15) is 0 Å². The van der Waals surface area contributed by atoms with Gasteiger partial charge in [0.05, 0.1) is 18.8 Å². The summed E-state index contributed by atoms with van der Waals surface area (Å²) in [4.78, 5) is 2.28. The number of morpholine rings is 1. The molecule has 1 fully saturated rings. The smallest absolute Gasteiger partial charge is 0.0916 e. The molecule has 2 rings (SSSR count). The standard InChI is InChI=1S/C17H27NO2/c1-13(2)10-15-4-6-16(7-5-15)17(19)12-18-8-9-20-14(3)11-18/h4-7,13-14,17,19H,8-12H2,1-3H3. The first-order valence-electron chi connectivity index (χ1n) is 7.65. The van der Waals surface area contributed by atoms with E-state index in [9.17, 15) is 5.11 Å². The van der Waals surface area contributed by atoms with Gasteiger partial charge < -0.3 is 9.84 Å². The Hall–Kier alpha value is -0.900. The van der Waals surface area contributed by atoms with Gasteiger partial charge in [0.2, 0.25) is 0 Å². The third-order valence-electron chi connectivity index (χ3n) is 3.76. The third-order valence-corrected chi connectivity index (χ3v) is 3.76. The lowest BCUT2D eigenvalue weighted by Gasteiger charge is -2.32. The summed E-state index contributed by atoms with van der Waals surface area (Å²) in [6.07, 6.45) is 0.954. The monoisotopic (exact) mass is 277 g/mol. The highest BCUT2D eigenvalue weighted by Gasteiger charge is 2.19. The maximum absolute atomic E-state index is 10.3. The molecular weight excluding hydrogens is 250 g/mol. The van der Waals surface area contributed by atoms with Crippen LogP contribution in [0.5, 0.6) is 0 Å². The Labute approximate surface area is 122 Å². The minimum atomic E-state index is -0.409. The molecule has 3 heteroatoms. The molecule has 1 heterocycles. The van der Waals surface area contributed by atoms with Crippen LogP contribution in [0, 0.1) is 5.92 Å². The highest BCUT2D eigenvalue weighted by molar-refractivity contribution is 5.24. The molecule has 1 aliphatic heterocycles. The molecule has 112 valence electrons. The molecule has 0 spiro atoms. The van der Waals surface area contributed by atoms with Crippen molar-refractivity contribution < 1.29 is 9.84 Å². The Bertz CT molecular complexity index is 402. The van der Waals surface area contributed by atoms with Gasteiger partial charge in [-0.05, 0) is 30.4 Å². The van der Waals surface area contributed by atoms with Crippen molar-refractivity contribution in [3.63, 3.8) is 0 Å². The summed E-state index contributed by atoms with van der Waals surface area (Å²) in [5.41, 5.74) is 2.35. The lowest BCUT2D eigenvalue weighted by Crippen LogP contribution is -2.42. The van der Waals surface area contributed by atoms with Crippen molar-refractivity contribution in [1.29, 1.82) is 0 Å². The fourth-order valence-corrected chi connectivity index (χ4v) is 2.75. The van der Waals surface area contributed by atoms with Crippen molar-refractivity contribution in [1.82, 2.24) is 4.90 Å².